The second-order valence-electron chi connectivity index (χ2n) is 6.59. The summed E-state index contributed by atoms with van der Waals surface area (Å²) < 4.78 is 1.01. The highest BCUT2D eigenvalue weighted by molar-refractivity contribution is 9.10. The van der Waals surface area contributed by atoms with Crippen LogP contribution in [0.1, 0.15) is 11.1 Å². The smallest absolute Gasteiger partial charge is 0.0479 e. The van der Waals surface area contributed by atoms with Crippen LogP contribution in [0.3, 0.4) is 0 Å². The molecule has 0 aliphatic carbocycles. The molecular formula is C26H20BrN. The van der Waals surface area contributed by atoms with Gasteiger partial charge in [-0.05, 0) is 49.8 Å². The molecule has 28 heavy (non-hydrogen) atoms. The van der Waals surface area contributed by atoms with Crippen LogP contribution in [-0.4, -0.2) is 0 Å². The van der Waals surface area contributed by atoms with Gasteiger partial charge in [-0.1, -0.05) is 103 Å². The number of benzene rings is 4. The standard InChI is InChI=1S/C26H20BrN/c27-25-23(20-12-6-2-7-13-20)18-22(17-16-19-10-4-1-5-11-19)26(28)24(25)21-14-8-3-9-15-21/h1-18H,28H2. The van der Waals surface area contributed by atoms with Crippen molar-refractivity contribution in [2.45, 2.75) is 0 Å². The Morgan fingerprint density at radius 1 is 0.643 bits per heavy atom. The van der Waals surface area contributed by atoms with Crippen molar-refractivity contribution >= 4 is 33.8 Å². The van der Waals surface area contributed by atoms with Crippen LogP contribution in [0.15, 0.2) is 102 Å². The van der Waals surface area contributed by atoms with Crippen LogP contribution in [0.25, 0.3) is 34.4 Å². The molecule has 0 saturated carbocycles. The van der Waals surface area contributed by atoms with Crippen molar-refractivity contribution in [1.29, 1.82) is 0 Å². The Bertz CT molecular complexity index is 1100. The molecule has 0 saturated heterocycles. The lowest BCUT2D eigenvalue weighted by molar-refractivity contribution is 1.53. The molecule has 1 nitrogen and oxygen atoms in total. The first kappa shape index (κ1) is 18.3. The Hall–Kier alpha value is -3.10. The largest absolute Gasteiger partial charge is 0.398 e. The molecule has 0 aromatic heterocycles. The van der Waals surface area contributed by atoms with Crippen molar-refractivity contribution in [2.24, 2.45) is 0 Å². The molecule has 2 N–H and O–H groups in total. The highest BCUT2D eigenvalue weighted by atomic mass is 79.9. The zero-order valence-corrected chi connectivity index (χ0v) is 16.9. The first-order valence-electron chi connectivity index (χ1n) is 9.20. The van der Waals surface area contributed by atoms with E-state index < -0.39 is 0 Å². The Balaban J connectivity index is 1.92. The van der Waals surface area contributed by atoms with Gasteiger partial charge in [-0.3, -0.25) is 0 Å². The molecule has 136 valence electrons. The number of nitrogens with two attached hydrogens (primary N) is 1. The lowest BCUT2D eigenvalue weighted by atomic mass is 9.93. The van der Waals surface area contributed by atoms with E-state index in [4.69, 9.17) is 5.73 Å². The number of anilines is 1. The summed E-state index contributed by atoms with van der Waals surface area (Å²) in [6, 6.07) is 33.1. The van der Waals surface area contributed by atoms with Gasteiger partial charge >= 0.3 is 0 Å². The summed E-state index contributed by atoms with van der Waals surface area (Å²) in [4.78, 5) is 0. The van der Waals surface area contributed by atoms with Crippen molar-refractivity contribution < 1.29 is 0 Å². The van der Waals surface area contributed by atoms with Crippen LogP contribution >= 0.6 is 15.9 Å². The summed E-state index contributed by atoms with van der Waals surface area (Å²) in [7, 11) is 0. The molecule has 0 radical (unpaired) electrons. The van der Waals surface area contributed by atoms with Gasteiger partial charge < -0.3 is 5.73 Å². The zero-order valence-electron chi connectivity index (χ0n) is 15.3. The molecule has 0 amide bonds. The molecule has 0 fully saturated rings. The third-order valence-electron chi connectivity index (χ3n) is 4.74. The molecule has 0 spiro atoms. The minimum atomic E-state index is 0.768. The van der Waals surface area contributed by atoms with Crippen molar-refractivity contribution in [2.75, 3.05) is 5.73 Å². The molecule has 0 aliphatic heterocycles. The van der Waals surface area contributed by atoms with E-state index in [2.05, 4.69) is 82.7 Å². The summed E-state index contributed by atoms with van der Waals surface area (Å²) in [5.74, 6) is 0. The lowest BCUT2D eigenvalue weighted by Crippen LogP contribution is -1.97. The number of halogens is 1. The van der Waals surface area contributed by atoms with Gasteiger partial charge in [-0.15, -0.1) is 0 Å². The molecule has 0 heterocycles. The summed E-state index contributed by atoms with van der Waals surface area (Å²) >= 11 is 3.83. The van der Waals surface area contributed by atoms with Crippen LogP contribution in [-0.2, 0) is 0 Å². The normalized spacial score (nSPS) is 11.0. The lowest BCUT2D eigenvalue weighted by Gasteiger charge is -2.16. The first-order chi connectivity index (χ1) is 13.7. The van der Waals surface area contributed by atoms with Gasteiger partial charge in [0.15, 0.2) is 0 Å². The van der Waals surface area contributed by atoms with E-state index in [-0.39, 0.29) is 0 Å². The number of hydrogen-bond donors (Lipinski definition) is 1. The van der Waals surface area contributed by atoms with Crippen LogP contribution in [0.2, 0.25) is 0 Å². The van der Waals surface area contributed by atoms with Crippen molar-refractivity contribution in [3.05, 3.63) is 113 Å². The van der Waals surface area contributed by atoms with Crippen molar-refractivity contribution in [3.63, 3.8) is 0 Å². The number of hydrogen-bond acceptors (Lipinski definition) is 1. The highest BCUT2D eigenvalue weighted by Gasteiger charge is 2.16. The van der Waals surface area contributed by atoms with E-state index in [9.17, 15) is 0 Å². The predicted molar refractivity (Wildman–Crippen MR) is 125 cm³/mol. The SMILES string of the molecule is Nc1c(C=Cc2ccccc2)cc(-c2ccccc2)c(Br)c1-c1ccccc1. The molecular weight excluding hydrogens is 406 g/mol. The molecule has 4 aromatic carbocycles. The van der Waals surface area contributed by atoms with Gasteiger partial charge in [-0.2, -0.15) is 0 Å². The van der Waals surface area contributed by atoms with Gasteiger partial charge in [0.1, 0.15) is 0 Å². The van der Waals surface area contributed by atoms with E-state index in [0.717, 1.165) is 43.5 Å². The maximum absolute atomic E-state index is 6.65. The highest BCUT2D eigenvalue weighted by Crippen LogP contribution is 2.43. The van der Waals surface area contributed by atoms with Crippen LogP contribution in [0, 0.1) is 0 Å². The quantitative estimate of drug-likeness (QED) is 0.265. The Morgan fingerprint density at radius 3 is 1.79 bits per heavy atom. The molecule has 0 bridgehead atoms. The summed E-state index contributed by atoms with van der Waals surface area (Å²) in [6.45, 7) is 0. The molecule has 0 unspecified atom stereocenters. The second kappa shape index (κ2) is 8.28. The maximum Gasteiger partial charge on any atom is 0.0479 e. The fourth-order valence-corrected chi connectivity index (χ4v) is 4.08. The average molecular weight is 426 g/mol. The number of nitrogen functional groups attached to an aromatic ring is 1. The van der Waals surface area contributed by atoms with Gasteiger partial charge in [0.25, 0.3) is 0 Å². The monoisotopic (exact) mass is 425 g/mol. The summed E-state index contributed by atoms with van der Waals surface area (Å²) in [5, 5.41) is 0. The van der Waals surface area contributed by atoms with Crippen molar-refractivity contribution in [1.82, 2.24) is 0 Å². The summed E-state index contributed by atoms with van der Waals surface area (Å²) in [5.41, 5.74) is 14.0. The fourth-order valence-electron chi connectivity index (χ4n) is 3.30. The molecule has 2 heteroatoms. The molecule has 0 atom stereocenters. The van der Waals surface area contributed by atoms with E-state index in [1.165, 1.54) is 0 Å². The molecule has 0 aliphatic rings. The van der Waals surface area contributed by atoms with Crippen molar-refractivity contribution in [3.8, 4) is 22.3 Å². The Kier molecular flexibility index (Phi) is 5.41. The fraction of sp³-hybridized carbons (Fsp3) is 0. The Morgan fingerprint density at radius 2 is 1.18 bits per heavy atom. The van der Waals surface area contributed by atoms with Gasteiger partial charge in [-0.25, -0.2) is 0 Å². The van der Waals surface area contributed by atoms with E-state index in [1.54, 1.807) is 0 Å². The van der Waals surface area contributed by atoms with E-state index in [1.807, 2.05) is 42.5 Å². The van der Waals surface area contributed by atoms with Crippen LogP contribution < -0.4 is 5.73 Å². The van der Waals surface area contributed by atoms with E-state index in [0.29, 0.717) is 0 Å². The van der Waals surface area contributed by atoms with Gasteiger partial charge in [0.2, 0.25) is 0 Å². The minimum Gasteiger partial charge on any atom is -0.398 e. The first-order valence-corrected chi connectivity index (χ1v) is 9.99. The average Bonchev–Trinajstić information content (AvgIpc) is 2.75. The minimum absolute atomic E-state index is 0.768. The summed E-state index contributed by atoms with van der Waals surface area (Å²) in [6.07, 6.45) is 4.19. The van der Waals surface area contributed by atoms with E-state index >= 15 is 0 Å². The third-order valence-corrected chi connectivity index (χ3v) is 5.56. The molecule has 4 aromatic rings. The maximum atomic E-state index is 6.65. The van der Waals surface area contributed by atoms with Gasteiger partial charge in [0.05, 0.1) is 0 Å². The topological polar surface area (TPSA) is 26.0 Å². The zero-order chi connectivity index (χ0) is 19.3. The van der Waals surface area contributed by atoms with Gasteiger partial charge in [0, 0.05) is 15.7 Å². The van der Waals surface area contributed by atoms with Crippen LogP contribution in [0.5, 0.6) is 0 Å². The Labute approximate surface area is 174 Å². The predicted octanol–water partition coefficient (Wildman–Crippen LogP) is 7.54. The third kappa shape index (κ3) is 3.78. The molecule has 4 rings (SSSR count). The number of rotatable bonds is 4. The van der Waals surface area contributed by atoms with Crippen LogP contribution in [0.4, 0.5) is 5.69 Å². The second-order valence-corrected chi connectivity index (χ2v) is 7.39.